The van der Waals surface area contributed by atoms with E-state index in [-0.39, 0.29) is 50.0 Å². The lowest BCUT2D eigenvalue weighted by molar-refractivity contribution is -0.149. The third-order valence-corrected chi connectivity index (χ3v) is 6.05. The Kier molecular flexibility index (Phi) is 12.1. The van der Waals surface area contributed by atoms with Crippen LogP contribution in [0.25, 0.3) is 0 Å². The van der Waals surface area contributed by atoms with Gasteiger partial charge in [-0.05, 0) is 37.7 Å². The summed E-state index contributed by atoms with van der Waals surface area (Å²) in [6, 6.07) is 9.40. The van der Waals surface area contributed by atoms with Gasteiger partial charge in [0.1, 0.15) is 6.61 Å². The van der Waals surface area contributed by atoms with Crippen LogP contribution in [-0.4, -0.2) is 65.0 Å². The van der Waals surface area contributed by atoms with Gasteiger partial charge in [-0.15, -0.1) is 13.2 Å². The highest BCUT2D eigenvalue weighted by molar-refractivity contribution is 5.86. The first-order valence-electron chi connectivity index (χ1n) is 12.1. The van der Waals surface area contributed by atoms with E-state index in [9.17, 15) is 19.5 Å². The second kappa shape index (κ2) is 15.1. The van der Waals surface area contributed by atoms with Crippen molar-refractivity contribution in [1.29, 1.82) is 0 Å². The van der Waals surface area contributed by atoms with Crippen LogP contribution < -0.4 is 0 Å². The molecule has 0 saturated carbocycles. The largest absolute Gasteiger partial charge is 0.463 e. The zero-order valence-corrected chi connectivity index (χ0v) is 20.1. The summed E-state index contributed by atoms with van der Waals surface area (Å²) >= 11 is 0. The number of nitrogens with zero attached hydrogens (tertiary/aromatic N) is 2. The molecule has 2 rings (SSSR count). The molecule has 2 amide bonds. The Balaban J connectivity index is 1.99. The number of carbonyl (C=O) groups is 3. The van der Waals surface area contributed by atoms with E-state index in [1.807, 2.05) is 30.3 Å². The number of aliphatic hydroxyl groups excluding tert-OH is 1. The van der Waals surface area contributed by atoms with E-state index in [1.54, 1.807) is 22.0 Å². The number of ether oxygens (including phenoxy) is 1. The van der Waals surface area contributed by atoms with Gasteiger partial charge in [-0.25, -0.2) is 0 Å². The quantitative estimate of drug-likeness (QED) is 0.241. The first-order valence-corrected chi connectivity index (χ1v) is 12.1. The average Bonchev–Trinajstić information content (AvgIpc) is 3.31. The summed E-state index contributed by atoms with van der Waals surface area (Å²) in [5, 5.41) is 9.46. The van der Waals surface area contributed by atoms with Gasteiger partial charge < -0.3 is 19.6 Å². The molecule has 1 aromatic carbocycles. The summed E-state index contributed by atoms with van der Waals surface area (Å²) in [5.41, 5.74) is 0.963. The van der Waals surface area contributed by atoms with Gasteiger partial charge in [-0.1, -0.05) is 42.5 Å². The van der Waals surface area contributed by atoms with Crippen molar-refractivity contribution in [2.75, 3.05) is 26.3 Å². The first kappa shape index (κ1) is 27.3. The van der Waals surface area contributed by atoms with Crippen LogP contribution in [0.4, 0.5) is 0 Å². The molecule has 1 fully saturated rings. The molecule has 0 aromatic heterocycles. The molecular weight excluding hydrogens is 432 g/mol. The van der Waals surface area contributed by atoms with Gasteiger partial charge in [0, 0.05) is 32.5 Å². The number of likely N-dealkylation sites (tertiary alicyclic amines) is 1. The second-order valence-electron chi connectivity index (χ2n) is 8.64. The van der Waals surface area contributed by atoms with Crippen LogP contribution in [0.2, 0.25) is 0 Å². The fourth-order valence-corrected chi connectivity index (χ4v) is 4.21. The maximum atomic E-state index is 13.4. The number of amides is 2. The molecule has 2 atom stereocenters. The number of carbonyl (C=O) groups excluding carboxylic acids is 3. The third-order valence-electron chi connectivity index (χ3n) is 6.05. The van der Waals surface area contributed by atoms with Gasteiger partial charge in [-0.3, -0.25) is 14.4 Å². The monoisotopic (exact) mass is 470 g/mol. The van der Waals surface area contributed by atoms with E-state index in [0.29, 0.717) is 32.4 Å². The van der Waals surface area contributed by atoms with Gasteiger partial charge in [0.15, 0.2) is 0 Å². The standard InChI is InChI=1S/C27H38N2O5/c1-3-5-7-15-26(32)34-21-24-14-10-16-29(24)27(33)23(11-4-2)19-25(31)28(17-18-30)20-22-12-8-6-9-13-22/h3-4,6,8-9,12-13,23-24,30H,1-2,5,7,10-11,14-21H2/t23-,24-/m0/s1. The smallest absolute Gasteiger partial charge is 0.305 e. The molecule has 1 aliphatic rings. The predicted octanol–water partition coefficient (Wildman–Crippen LogP) is 3.48. The summed E-state index contributed by atoms with van der Waals surface area (Å²) in [6.45, 7) is 8.62. The van der Waals surface area contributed by atoms with E-state index in [4.69, 9.17) is 4.74 Å². The summed E-state index contributed by atoms with van der Waals surface area (Å²) < 4.78 is 5.42. The number of allylic oxidation sites excluding steroid dienone is 2. The second-order valence-corrected chi connectivity index (χ2v) is 8.64. The predicted molar refractivity (Wildman–Crippen MR) is 132 cm³/mol. The Labute approximate surface area is 203 Å². The number of unbranched alkanes of at least 4 members (excludes halogenated alkanes) is 1. The SMILES string of the molecule is C=CCCCC(=O)OC[C@@H]1CCCN1C(=O)[C@@H](CC=C)CC(=O)N(CCO)Cc1ccccc1. The minimum Gasteiger partial charge on any atom is -0.463 e. The minimum absolute atomic E-state index is 0.0439. The minimum atomic E-state index is -0.536. The molecule has 1 aliphatic heterocycles. The molecule has 0 spiro atoms. The van der Waals surface area contributed by atoms with Crippen LogP contribution in [0.3, 0.4) is 0 Å². The number of hydrogen-bond donors (Lipinski definition) is 1. The maximum absolute atomic E-state index is 13.4. The molecular formula is C27H38N2O5. The van der Waals surface area contributed by atoms with Crippen LogP contribution in [0.1, 0.15) is 50.5 Å². The Morgan fingerprint density at radius 2 is 1.97 bits per heavy atom. The van der Waals surface area contributed by atoms with Crippen LogP contribution in [0, 0.1) is 5.92 Å². The van der Waals surface area contributed by atoms with Crippen molar-refractivity contribution in [3.8, 4) is 0 Å². The molecule has 0 bridgehead atoms. The summed E-state index contributed by atoms with van der Waals surface area (Å²) in [6.07, 6.45) is 7.26. The van der Waals surface area contributed by atoms with E-state index >= 15 is 0 Å². The highest BCUT2D eigenvalue weighted by Crippen LogP contribution is 2.24. The molecule has 0 radical (unpaired) electrons. The fraction of sp³-hybridized carbons (Fsp3) is 0.519. The topological polar surface area (TPSA) is 87.2 Å². The van der Waals surface area contributed by atoms with Gasteiger partial charge in [0.2, 0.25) is 11.8 Å². The zero-order valence-electron chi connectivity index (χ0n) is 20.1. The molecule has 1 heterocycles. The van der Waals surface area contributed by atoms with Gasteiger partial charge >= 0.3 is 5.97 Å². The van der Waals surface area contributed by atoms with Crippen molar-refractivity contribution < 1.29 is 24.2 Å². The zero-order chi connectivity index (χ0) is 24.8. The van der Waals surface area contributed by atoms with Crippen molar-refractivity contribution >= 4 is 17.8 Å². The maximum Gasteiger partial charge on any atom is 0.305 e. The number of esters is 1. The third kappa shape index (κ3) is 8.78. The number of rotatable bonds is 15. The number of aliphatic hydroxyl groups is 1. The number of benzene rings is 1. The van der Waals surface area contributed by atoms with E-state index in [2.05, 4.69) is 13.2 Å². The van der Waals surface area contributed by atoms with E-state index in [1.165, 1.54) is 0 Å². The van der Waals surface area contributed by atoms with Crippen molar-refractivity contribution in [3.63, 3.8) is 0 Å². The molecule has 7 nitrogen and oxygen atoms in total. The average molecular weight is 471 g/mol. The number of hydrogen-bond acceptors (Lipinski definition) is 5. The summed E-state index contributed by atoms with van der Waals surface area (Å²) in [7, 11) is 0. The summed E-state index contributed by atoms with van der Waals surface area (Å²) in [4.78, 5) is 41.8. The Hall–Kier alpha value is -2.93. The van der Waals surface area contributed by atoms with E-state index < -0.39 is 5.92 Å². The van der Waals surface area contributed by atoms with Crippen molar-refractivity contribution in [3.05, 3.63) is 61.2 Å². The van der Waals surface area contributed by atoms with Crippen LogP contribution in [-0.2, 0) is 25.7 Å². The molecule has 0 unspecified atom stereocenters. The van der Waals surface area contributed by atoms with Gasteiger partial charge in [0.05, 0.1) is 18.6 Å². The molecule has 0 aliphatic carbocycles. The molecule has 1 saturated heterocycles. The van der Waals surface area contributed by atoms with Crippen LogP contribution in [0.15, 0.2) is 55.6 Å². The highest BCUT2D eigenvalue weighted by Gasteiger charge is 2.35. The fourth-order valence-electron chi connectivity index (χ4n) is 4.21. The normalized spacial score (nSPS) is 16.0. The van der Waals surface area contributed by atoms with Crippen LogP contribution in [0.5, 0.6) is 0 Å². The van der Waals surface area contributed by atoms with Crippen molar-refractivity contribution in [2.24, 2.45) is 5.92 Å². The summed E-state index contributed by atoms with van der Waals surface area (Å²) in [5.74, 6) is -1.09. The lowest BCUT2D eigenvalue weighted by Crippen LogP contribution is -2.44. The van der Waals surface area contributed by atoms with Gasteiger partial charge in [-0.2, -0.15) is 0 Å². The lowest BCUT2D eigenvalue weighted by atomic mass is 9.98. The molecule has 34 heavy (non-hydrogen) atoms. The molecule has 7 heteroatoms. The van der Waals surface area contributed by atoms with E-state index in [0.717, 1.165) is 24.8 Å². The first-order chi connectivity index (χ1) is 16.5. The van der Waals surface area contributed by atoms with Crippen LogP contribution >= 0.6 is 0 Å². The highest BCUT2D eigenvalue weighted by atomic mass is 16.5. The molecule has 186 valence electrons. The lowest BCUT2D eigenvalue weighted by Gasteiger charge is -2.29. The van der Waals surface area contributed by atoms with Crippen molar-refractivity contribution in [2.45, 2.75) is 57.5 Å². The Morgan fingerprint density at radius 1 is 1.21 bits per heavy atom. The Bertz CT molecular complexity index is 810. The van der Waals surface area contributed by atoms with Crippen molar-refractivity contribution in [1.82, 2.24) is 9.80 Å². The Morgan fingerprint density at radius 3 is 2.65 bits per heavy atom. The molecule has 1 aromatic rings. The molecule has 1 N–H and O–H groups in total. The van der Waals surface area contributed by atoms with Gasteiger partial charge in [0.25, 0.3) is 0 Å².